The Morgan fingerprint density at radius 2 is 1.86 bits per heavy atom. The first kappa shape index (κ1) is 18.9. The van der Waals surface area contributed by atoms with E-state index in [2.05, 4.69) is 27.0 Å². The van der Waals surface area contributed by atoms with Crippen LogP contribution in [0, 0.1) is 0 Å². The number of nitrogens with one attached hydrogen (secondary N) is 1. The molecular formula is C22H18BrNO3S. The highest BCUT2D eigenvalue weighted by Crippen LogP contribution is 2.41. The third kappa shape index (κ3) is 3.38. The fraction of sp³-hybridized carbons (Fsp3) is 0.136. The fourth-order valence-electron chi connectivity index (χ4n) is 3.35. The third-order valence-corrected chi connectivity index (χ3v) is 6.10. The number of rotatable bonds is 4. The molecule has 0 unspecified atom stereocenters. The quantitative estimate of drug-likeness (QED) is 0.554. The monoisotopic (exact) mass is 455 g/mol. The molecule has 2 aromatic carbocycles. The summed E-state index contributed by atoms with van der Waals surface area (Å²) in [6.45, 7) is 0. The van der Waals surface area contributed by atoms with Gasteiger partial charge in [0, 0.05) is 32.1 Å². The smallest absolute Gasteiger partial charge is 0.257 e. The molecule has 0 fully saturated rings. The molecule has 1 N–H and O–H groups in total. The maximum Gasteiger partial charge on any atom is 0.257 e. The molecule has 0 saturated heterocycles. The van der Waals surface area contributed by atoms with Crippen LogP contribution in [0.1, 0.15) is 5.56 Å². The van der Waals surface area contributed by atoms with Gasteiger partial charge in [-0.2, -0.15) is 0 Å². The lowest BCUT2D eigenvalue weighted by molar-refractivity contribution is 0.356. The highest BCUT2D eigenvalue weighted by Gasteiger charge is 2.21. The van der Waals surface area contributed by atoms with Crippen molar-refractivity contribution in [3.63, 3.8) is 0 Å². The maximum atomic E-state index is 13.1. The van der Waals surface area contributed by atoms with E-state index in [-0.39, 0.29) is 5.56 Å². The second-order valence-electron chi connectivity index (χ2n) is 6.24. The van der Waals surface area contributed by atoms with Crippen molar-refractivity contribution in [2.45, 2.75) is 0 Å². The number of allylic oxidation sites excluding steroid dienone is 2. The van der Waals surface area contributed by atoms with Crippen LogP contribution in [0.4, 0.5) is 0 Å². The van der Waals surface area contributed by atoms with Gasteiger partial charge in [0.25, 0.3) is 5.56 Å². The van der Waals surface area contributed by atoms with Crippen LogP contribution in [0.25, 0.3) is 26.9 Å². The van der Waals surface area contributed by atoms with Crippen molar-refractivity contribution in [2.24, 2.45) is 0 Å². The zero-order chi connectivity index (χ0) is 19.7. The van der Waals surface area contributed by atoms with Gasteiger partial charge in [-0.3, -0.25) is 4.79 Å². The second-order valence-corrected chi connectivity index (χ2v) is 8.21. The van der Waals surface area contributed by atoms with E-state index >= 15 is 0 Å². The number of fused-ring (bicyclic) bond motifs is 1. The van der Waals surface area contributed by atoms with Crippen molar-refractivity contribution in [3.05, 3.63) is 75.0 Å². The average molecular weight is 456 g/mol. The van der Waals surface area contributed by atoms with Gasteiger partial charge in [0.2, 0.25) is 0 Å². The Balaban J connectivity index is 2.14. The summed E-state index contributed by atoms with van der Waals surface area (Å²) in [6.07, 6.45) is 6.07. The Hall–Kier alpha value is -2.44. The van der Waals surface area contributed by atoms with E-state index in [4.69, 9.17) is 9.47 Å². The molecule has 28 heavy (non-hydrogen) atoms. The van der Waals surface area contributed by atoms with Crippen LogP contribution < -0.4 is 15.0 Å². The summed E-state index contributed by atoms with van der Waals surface area (Å²) in [4.78, 5) is 17.1. The fourth-order valence-corrected chi connectivity index (χ4v) is 4.65. The van der Waals surface area contributed by atoms with Crippen LogP contribution in [0.15, 0.2) is 63.9 Å². The summed E-state index contributed by atoms with van der Waals surface area (Å²) in [7, 11) is 3.20. The average Bonchev–Trinajstić information content (AvgIpc) is 2.72. The van der Waals surface area contributed by atoms with Crippen LogP contribution in [0.5, 0.6) is 11.5 Å². The number of aromatic nitrogens is 1. The Kier molecular flexibility index (Phi) is 5.33. The largest absolute Gasteiger partial charge is 0.493 e. The highest BCUT2D eigenvalue weighted by molar-refractivity contribution is 9.10. The predicted molar refractivity (Wildman–Crippen MR) is 120 cm³/mol. The number of pyridine rings is 1. The van der Waals surface area contributed by atoms with Gasteiger partial charge < -0.3 is 14.5 Å². The molecule has 0 spiro atoms. The molecule has 1 aliphatic rings. The first-order valence-electron chi connectivity index (χ1n) is 8.70. The molecule has 1 aromatic heterocycles. The molecule has 142 valence electrons. The van der Waals surface area contributed by atoms with Gasteiger partial charge in [-0.1, -0.05) is 40.2 Å². The summed E-state index contributed by atoms with van der Waals surface area (Å²) in [6, 6.07) is 11.7. The lowest BCUT2D eigenvalue weighted by Gasteiger charge is -2.18. The molecule has 6 heteroatoms. The second kappa shape index (κ2) is 7.89. The van der Waals surface area contributed by atoms with E-state index < -0.39 is 0 Å². The lowest BCUT2D eigenvalue weighted by Crippen LogP contribution is -2.14. The number of hydrogen-bond acceptors (Lipinski definition) is 4. The topological polar surface area (TPSA) is 51.3 Å². The molecule has 0 bridgehead atoms. The van der Waals surface area contributed by atoms with Gasteiger partial charge in [0.15, 0.2) is 11.5 Å². The molecule has 4 nitrogen and oxygen atoms in total. The predicted octanol–water partition coefficient (Wildman–Crippen LogP) is 5.62. The van der Waals surface area contributed by atoms with Gasteiger partial charge in [0.1, 0.15) is 0 Å². The van der Waals surface area contributed by atoms with Gasteiger partial charge in [0.05, 0.1) is 25.3 Å². The summed E-state index contributed by atoms with van der Waals surface area (Å²) < 4.78 is 11.9. The minimum Gasteiger partial charge on any atom is -0.493 e. The van der Waals surface area contributed by atoms with E-state index in [1.165, 1.54) is 0 Å². The Morgan fingerprint density at radius 1 is 1.07 bits per heavy atom. The SMILES string of the molecule is COc1cc2[nH]c(=O)c(C3=CC=CCS3)c(-c3cccc(Br)c3)c2cc1OC. The molecule has 2 heterocycles. The van der Waals surface area contributed by atoms with Crippen molar-refractivity contribution in [1.82, 2.24) is 4.98 Å². The van der Waals surface area contributed by atoms with E-state index in [9.17, 15) is 4.79 Å². The number of hydrogen-bond donors (Lipinski definition) is 1. The van der Waals surface area contributed by atoms with Crippen LogP contribution in [-0.4, -0.2) is 25.0 Å². The van der Waals surface area contributed by atoms with Crippen LogP contribution in [0.2, 0.25) is 0 Å². The molecule has 0 atom stereocenters. The van der Waals surface area contributed by atoms with E-state index in [0.717, 1.165) is 31.6 Å². The highest BCUT2D eigenvalue weighted by atomic mass is 79.9. The van der Waals surface area contributed by atoms with Gasteiger partial charge in [-0.25, -0.2) is 0 Å². The molecule has 0 aliphatic carbocycles. The molecule has 1 aliphatic heterocycles. The molecular weight excluding hydrogens is 438 g/mol. The molecule has 0 amide bonds. The number of thioether (sulfide) groups is 1. The summed E-state index contributed by atoms with van der Waals surface area (Å²) >= 11 is 5.21. The number of aromatic amines is 1. The first-order chi connectivity index (χ1) is 13.6. The molecule has 0 radical (unpaired) electrons. The van der Waals surface area contributed by atoms with E-state index in [0.29, 0.717) is 22.6 Å². The van der Waals surface area contributed by atoms with Crippen molar-refractivity contribution in [1.29, 1.82) is 0 Å². The lowest BCUT2D eigenvalue weighted by atomic mass is 9.95. The maximum absolute atomic E-state index is 13.1. The standard InChI is InChI=1S/C22H18BrNO3S/c1-26-17-11-15-16(12-18(17)27-2)24-22(25)21(19-8-3-4-9-28-19)20(15)13-6-5-7-14(23)10-13/h3-8,10-12H,9H2,1-2H3,(H,24,25). The van der Waals surface area contributed by atoms with Crippen molar-refractivity contribution < 1.29 is 9.47 Å². The summed E-state index contributed by atoms with van der Waals surface area (Å²) in [5.74, 6) is 2.04. The number of methoxy groups -OCH3 is 2. The van der Waals surface area contributed by atoms with Crippen molar-refractivity contribution in [3.8, 4) is 22.6 Å². The molecule has 0 saturated carbocycles. The van der Waals surface area contributed by atoms with Crippen LogP contribution >= 0.6 is 27.7 Å². The van der Waals surface area contributed by atoms with Gasteiger partial charge in [-0.05, 0) is 29.8 Å². The van der Waals surface area contributed by atoms with Gasteiger partial charge in [-0.15, -0.1) is 11.8 Å². The van der Waals surface area contributed by atoms with Crippen molar-refractivity contribution >= 4 is 43.5 Å². The number of H-pyrrole nitrogens is 1. The third-order valence-electron chi connectivity index (χ3n) is 4.60. The van der Waals surface area contributed by atoms with E-state index in [1.807, 2.05) is 48.6 Å². The summed E-state index contributed by atoms with van der Waals surface area (Å²) in [5, 5.41) is 0.904. The number of benzene rings is 2. The zero-order valence-electron chi connectivity index (χ0n) is 15.4. The molecule has 4 rings (SSSR count). The van der Waals surface area contributed by atoms with Gasteiger partial charge >= 0.3 is 0 Å². The zero-order valence-corrected chi connectivity index (χ0v) is 17.8. The Labute approximate surface area is 175 Å². The minimum atomic E-state index is -0.122. The number of ether oxygens (including phenoxy) is 2. The van der Waals surface area contributed by atoms with E-state index in [1.54, 1.807) is 26.0 Å². The first-order valence-corrected chi connectivity index (χ1v) is 10.5. The summed E-state index contributed by atoms with van der Waals surface area (Å²) in [5.41, 5.74) is 3.10. The minimum absolute atomic E-state index is 0.122. The van der Waals surface area contributed by atoms with Crippen LogP contribution in [0.3, 0.4) is 0 Å². The molecule has 3 aromatic rings. The number of halogens is 1. The normalized spacial score (nSPS) is 13.5. The Morgan fingerprint density at radius 3 is 2.54 bits per heavy atom. The Bertz CT molecular complexity index is 1180. The van der Waals surface area contributed by atoms with Crippen molar-refractivity contribution in [2.75, 3.05) is 20.0 Å². The van der Waals surface area contributed by atoms with Crippen LogP contribution in [-0.2, 0) is 0 Å².